The molecule has 0 atom stereocenters. The lowest BCUT2D eigenvalue weighted by atomic mass is 9.87. The molecular weight excluding hydrogens is 200 g/mol. The van der Waals surface area contributed by atoms with Gasteiger partial charge in [0.15, 0.2) is 5.89 Å². The van der Waals surface area contributed by atoms with Crippen molar-refractivity contribution in [3.05, 3.63) is 17.8 Å². The van der Waals surface area contributed by atoms with Crippen LogP contribution in [0.25, 0.3) is 0 Å². The van der Waals surface area contributed by atoms with Crippen LogP contribution in [0.5, 0.6) is 0 Å². The molecule has 0 radical (unpaired) electrons. The molecular formula is C13H22N2O. The Bertz CT molecular complexity index is 326. The predicted octanol–water partition coefficient (Wildman–Crippen LogP) is 2.66. The summed E-state index contributed by atoms with van der Waals surface area (Å²) in [6.07, 6.45) is 7.97. The molecule has 0 spiro atoms. The van der Waals surface area contributed by atoms with Crippen LogP contribution in [-0.4, -0.2) is 18.1 Å². The average molecular weight is 222 g/mol. The van der Waals surface area contributed by atoms with Gasteiger partial charge in [-0.3, -0.25) is 0 Å². The van der Waals surface area contributed by atoms with Gasteiger partial charge in [0.05, 0.1) is 6.20 Å². The van der Waals surface area contributed by atoms with Gasteiger partial charge in [-0.05, 0) is 19.4 Å². The topological polar surface area (TPSA) is 38.1 Å². The van der Waals surface area contributed by atoms with Crippen molar-refractivity contribution in [2.24, 2.45) is 0 Å². The third-order valence-corrected chi connectivity index (χ3v) is 3.62. The molecule has 0 aromatic carbocycles. The van der Waals surface area contributed by atoms with Gasteiger partial charge < -0.3 is 9.73 Å². The number of aromatic nitrogens is 1. The summed E-state index contributed by atoms with van der Waals surface area (Å²) in [5, 5.41) is 3.29. The van der Waals surface area contributed by atoms with E-state index in [1.54, 1.807) is 0 Å². The van der Waals surface area contributed by atoms with Gasteiger partial charge in [0.2, 0.25) is 0 Å². The molecule has 1 fully saturated rings. The minimum Gasteiger partial charge on any atom is -0.445 e. The van der Waals surface area contributed by atoms with Crippen LogP contribution in [0.15, 0.2) is 10.6 Å². The fraction of sp³-hybridized carbons (Fsp3) is 0.769. The Kier molecular flexibility index (Phi) is 3.64. The third-order valence-electron chi connectivity index (χ3n) is 3.62. The maximum Gasteiger partial charge on any atom is 0.195 e. The van der Waals surface area contributed by atoms with E-state index in [0.717, 1.165) is 31.2 Å². The molecule has 0 unspecified atom stereocenters. The number of oxazole rings is 1. The van der Waals surface area contributed by atoms with Gasteiger partial charge in [0, 0.05) is 18.4 Å². The lowest BCUT2D eigenvalue weighted by Crippen LogP contribution is -2.16. The van der Waals surface area contributed by atoms with Gasteiger partial charge in [0.25, 0.3) is 0 Å². The first-order valence-electron chi connectivity index (χ1n) is 6.40. The highest BCUT2D eigenvalue weighted by molar-refractivity contribution is 5.11. The number of rotatable bonds is 5. The molecule has 3 heteroatoms. The summed E-state index contributed by atoms with van der Waals surface area (Å²) in [6.45, 7) is 6.37. The van der Waals surface area contributed by atoms with E-state index in [-0.39, 0.29) is 5.41 Å². The molecule has 0 saturated heterocycles. The fourth-order valence-electron chi connectivity index (χ4n) is 2.48. The lowest BCUT2D eigenvalue weighted by Gasteiger charge is -2.19. The standard InChI is InChI=1S/C13H22N2O/c1-3-14-9-6-12-15-10-11(16-12)13(2)7-4-5-8-13/h10,14H,3-9H2,1-2H3. The van der Waals surface area contributed by atoms with Crippen molar-refractivity contribution in [3.63, 3.8) is 0 Å². The van der Waals surface area contributed by atoms with Crippen molar-refractivity contribution in [1.82, 2.24) is 10.3 Å². The lowest BCUT2D eigenvalue weighted by molar-refractivity contribution is 0.347. The van der Waals surface area contributed by atoms with Crippen LogP contribution in [0.1, 0.15) is 51.2 Å². The highest BCUT2D eigenvalue weighted by atomic mass is 16.4. The Morgan fingerprint density at radius 2 is 2.19 bits per heavy atom. The fourth-order valence-corrected chi connectivity index (χ4v) is 2.48. The van der Waals surface area contributed by atoms with E-state index in [4.69, 9.17) is 4.42 Å². The Morgan fingerprint density at radius 1 is 1.44 bits per heavy atom. The van der Waals surface area contributed by atoms with Gasteiger partial charge >= 0.3 is 0 Å². The quantitative estimate of drug-likeness (QED) is 0.778. The normalized spacial score (nSPS) is 19.1. The van der Waals surface area contributed by atoms with Crippen LogP contribution < -0.4 is 5.32 Å². The summed E-state index contributed by atoms with van der Waals surface area (Å²) in [4.78, 5) is 4.37. The number of nitrogens with one attached hydrogen (secondary N) is 1. The van der Waals surface area contributed by atoms with Crippen molar-refractivity contribution in [3.8, 4) is 0 Å². The first-order chi connectivity index (χ1) is 7.74. The molecule has 2 rings (SSSR count). The van der Waals surface area contributed by atoms with Crippen LogP contribution in [0.2, 0.25) is 0 Å². The zero-order chi connectivity index (χ0) is 11.4. The Balaban J connectivity index is 1.96. The molecule has 0 bridgehead atoms. The monoisotopic (exact) mass is 222 g/mol. The van der Waals surface area contributed by atoms with E-state index >= 15 is 0 Å². The maximum absolute atomic E-state index is 5.87. The molecule has 1 heterocycles. The van der Waals surface area contributed by atoms with E-state index in [9.17, 15) is 0 Å². The number of nitrogens with zero attached hydrogens (tertiary/aromatic N) is 1. The van der Waals surface area contributed by atoms with E-state index in [0.29, 0.717) is 0 Å². The van der Waals surface area contributed by atoms with Crippen molar-refractivity contribution in [1.29, 1.82) is 0 Å². The summed E-state index contributed by atoms with van der Waals surface area (Å²) < 4.78 is 5.87. The van der Waals surface area contributed by atoms with Gasteiger partial charge in [-0.25, -0.2) is 4.98 Å². The van der Waals surface area contributed by atoms with E-state index in [2.05, 4.69) is 24.1 Å². The molecule has 1 aliphatic carbocycles. The molecule has 0 aliphatic heterocycles. The first kappa shape index (κ1) is 11.6. The highest BCUT2D eigenvalue weighted by Gasteiger charge is 2.33. The Morgan fingerprint density at radius 3 is 2.88 bits per heavy atom. The first-order valence-corrected chi connectivity index (χ1v) is 6.40. The third kappa shape index (κ3) is 2.46. The van der Waals surface area contributed by atoms with Gasteiger partial charge in [-0.15, -0.1) is 0 Å². The van der Waals surface area contributed by atoms with Crippen LogP contribution in [-0.2, 0) is 11.8 Å². The van der Waals surface area contributed by atoms with Crippen molar-refractivity contribution < 1.29 is 4.42 Å². The molecule has 1 N–H and O–H groups in total. The molecule has 1 aromatic heterocycles. The van der Waals surface area contributed by atoms with Crippen LogP contribution in [0, 0.1) is 0 Å². The summed E-state index contributed by atoms with van der Waals surface area (Å²) in [7, 11) is 0. The summed E-state index contributed by atoms with van der Waals surface area (Å²) in [6, 6.07) is 0. The largest absolute Gasteiger partial charge is 0.445 e. The molecule has 1 aromatic rings. The zero-order valence-electron chi connectivity index (χ0n) is 10.4. The van der Waals surface area contributed by atoms with Crippen molar-refractivity contribution >= 4 is 0 Å². The molecule has 0 amide bonds. The molecule has 1 saturated carbocycles. The molecule has 1 aliphatic rings. The summed E-state index contributed by atoms with van der Waals surface area (Å²) in [5.74, 6) is 1.97. The molecule has 3 nitrogen and oxygen atoms in total. The van der Waals surface area contributed by atoms with Gasteiger partial charge in [-0.1, -0.05) is 26.7 Å². The van der Waals surface area contributed by atoms with E-state index < -0.39 is 0 Å². The van der Waals surface area contributed by atoms with E-state index in [1.165, 1.54) is 25.7 Å². The second-order valence-corrected chi connectivity index (χ2v) is 4.99. The number of hydrogen-bond donors (Lipinski definition) is 1. The second kappa shape index (κ2) is 5.00. The Hall–Kier alpha value is -0.830. The molecule has 16 heavy (non-hydrogen) atoms. The van der Waals surface area contributed by atoms with Crippen molar-refractivity contribution in [2.45, 2.75) is 51.4 Å². The minimum atomic E-state index is 0.253. The van der Waals surface area contributed by atoms with Crippen LogP contribution in [0.3, 0.4) is 0 Å². The van der Waals surface area contributed by atoms with Gasteiger partial charge in [-0.2, -0.15) is 0 Å². The number of likely N-dealkylation sites (N-methyl/N-ethyl adjacent to an activating group) is 1. The maximum atomic E-state index is 5.87. The van der Waals surface area contributed by atoms with Crippen LogP contribution in [0.4, 0.5) is 0 Å². The predicted molar refractivity (Wildman–Crippen MR) is 64.6 cm³/mol. The SMILES string of the molecule is CCNCCc1ncc(C2(C)CCCC2)o1. The highest BCUT2D eigenvalue weighted by Crippen LogP contribution is 2.40. The molecule has 90 valence electrons. The number of hydrogen-bond acceptors (Lipinski definition) is 3. The second-order valence-electron chi connectivity index (χ2n) is 4.99. The summed E-state index contributed by atoms with van der Waals surface area (Å²) >= 11 is 0. The Labute approximate surface area is 97.6 Å². The van der Waals surface area contributed by atoms with Crippen molar-refractivity contribution in [2.75, 3.05) is 13.1 Å². The smallest absolute Gasteiger partial charge is 0.195 e. The van der Waals surface area contributed by atoms with Crippen LogP contribution >= 0.6 is 0 Å². The minimum absolute atomic E-state index is 0.253. The van der Waals surface area contributed by atoms with Gasteiger partial charge in [0.1, 0.15) is 5.76 Å². The average Bonchev–Trinajstić information content (AvgIpc) is 2.88. The van der Waals surface area contributed by atoms with E-state index in [1.807, 2.05) is 6.20 Å². The summed E-state index contributed by atoms with van der Waals surface area (Å²) in [5.41, 5.74) is 0.253. The zero-order valence-corrected chi connectivity index (χ0v) is 10.4.